The van der Waals surface area contributed by atoms with Gasteiger partial charge in [-0.1, -0.05) is 0 Å². The van der Waals surface area contributed by atoms with Gasteiger partial charge in [0.15, 0.2) is 11.9 Å². The van der Waals surface area contributed by atoms with Gasteiger partial charge in [0, 0.05) is 6.07 Å². The molecule has 1 atom stereocenters. The Labute approximate surface area is 93.8 Å². The molecule has 0 amide bonds. The van der Waals surface area contributed by atoms with Crippen molar-refractivity contribution in [1.29, 1.82) is 0 Å². The van der Waals surface area contributed by atoms with Gasteiger partial charge in [0.2, 0.25) is 0 Å². The topological polar surface area (TPSA) is 55.8 Å². The average Bonchev–Trinajstić information content (AvgIpc) is 2.25. The summed E-state index contributed by atoms with van der Waals surface area (Å²) in [6, 6.07) is 4.93. The predicted molar refractivity (Wildman–Crippen MR) is 58.0 cm³/mol. The molecule has 0 saturated heterocycles. The van der Waals surface area contributed by atoms with Crippen LogP contribution in [0.2, 0.25) is 0 Å². The van der Waals surface area contributed by atoms with E-state index < -0.39 is 11.7 Å². The number of benzene rings is 1. The Morgan fingerprint density at radius 1 is 1.44 bits per heavy atom. The van der Waals surface area contributed by atoms with E-state index in [0.29, 0.717) is 17.1 Å². The predicted octanol–water partition coefficient (Wildman–Crippen LogP) is 1.41. The third-order valence-corrected chi connectivity index (χ3v) is 2.73. The number of methoxy groups -OCH3 is 1. The van der Waals surface area contributed by atoms with Crippen LogP contribution in [-0.4, -0.2) is 29.7 Å². The maximum atomic E-state index is 11.9. The summed E-state index contributed by atoms with van der Waals surface area (Å²) in [6.07, 6.45) is -1.13. The molecule has 0 aliphatic carbocycles. The lowest BCUT2D eigenvalue weighted by Gasteiger charge is -2.35. The minimum Gasteiger partial charge on any atom is -0.497 e. The number of ether oxygens (including phenoxy) is 2. The second kappa shape index (κ2) is 3.49. The van der Waals surface area contributed by atoms with Crippen molar-refractivity contribution in [2.24, 2.45) is 0 Å². The quantitative estimate of drug-likeness (QED) is 0.780. The zero-order chi connectivity index (χ0) is 11.9. The molecule has 16 heavy (non-hydrogen) atoms. The van der Waals surface area contributed by atoms with Crippen molar-refractivity contribution in [3.8, 4) is 11.5 Å². The Balaban J connectivity index is 2.51. The highest BCUT2D eigenvalue weighted by Crippen LogP contribution is 2.35. The van der Waals surface area contributed by atoms with Crippen LogP contribution in [0.3, 0.4) is 0 Å². The SMILES string of the molecule is COc1ccc2c(c1)OC(C)(C)C(O)C2=O. The van der Waals surface area contributed by atoms with E-state index in [2.05, 4.69) is 0 Å². The summed E-state index contributed by atoms with van der Waals surface area (Å²) in [5.41, 5.74) is -0.510. The maximum Gasteiger partial charge on any atom is 0.199 e. The normalized spacial score (nSPS) is 22.2. The van der Waals surface area contributed by atoms with Gasteiger partial charge in [-0.3, -0.25) is 4.79 Å². The minimum atomic E-state index is -1.13. The first-order valence-electron chi connectivity index (χ1n) is 5.05. The molecule has 1 aliphatic rings. The first kappa shape index (κ1) is 11.0. The number of carbonyl (C=O) groups is 1. The van der Waals surface area contributed by atoms with E-state index in [9.17, 15) is 9.90 Å². The summed E-state index contributed by atoms with van der Waals surface area (Å²) in [7, 11) is 1.55. The molecule has 1 aromatic carbocycles. The second-order valence-electron chi connectivity index (χ2n) is 4.33. The second-order valence-corrected chi connectivity index (χ2v) is 4.33. The van der Waals surface area contributed by atoms with E-state index >= 15 is 0 Å². The van der Waals surface area contributed by atoms with E-state index in [1.54, 1.807) is 39.2 Å². The molecule has 86 valence electrons. The summed E-state index contributed by atoms with van der Waals surface area (Å²) in [6.45, 7) is 3.36. The Bertz CT molecular complexity index is 437. The van der Waals surface area contributed by atoms with Gasteiger partial charge in [-0.2, -0.15) is 0 Å². The Morgan fingerprint density at radius 2 is 2.12 bits per heavy atom. The molecule has 1 aliphatic heterocycles. The molecule has 4 heteroatoms. The molecule has 0 spiro atoms. The molecule has 1 heterocycles. The Kier molecular flexibility index (Phi) is 2.39. The van der Waals surface area contributed by atoms with E-state index in [1.807, 2.05) is 0 Å². The number of Topliss-reactive ketones (excluding diaryl/α,β-unsaturated/α-hetero) is 1. The molecular formula is C12H14O4. The number of aliphatic hydroxyl groups is 1. The zero-order valence-corrected chi connectivity index (χ0v) is 9.48. The lowest BCUT2D eigenvalue weighted by molar-refractivity contribution is -0.0250. The fourth-order valence-corrected chi connectivity index (χ4v) is 1.72. The average molecular weight is 222 g/mol. The molecule has 4 nitrogen and oxygen atoms in total. The number of aliphatic hydroxyl groups excluding tert-OH is 1. The third-order valence-electron chi connectivity index (χ3n) is 2.73. The zero-order valence-electron chi connectivity index (χ0n) is 9.48. The van der Waals surface area contributed by atoms with Crippen LogP contribution >= 0.6 is 0 Å². The lowest BCUT2D eigenvalue weighted by Crippen LogP contribution is -2.50. The van der Waals surface area contributed by atoms with Crippen LogP contribution in [0, 0.1) is 0 Å². The van der Waals surface area contributed by atoms with Crippen LogP contribution < -0.4 is 9.47 Å². The van der Waals surface area contributed by atoms with Crippen molar-refractivity contribution in [2.45, 2.75) is 25.6 Å². The Hall–Kier alpha value is -1.55. The van der Waals surface area contributed by atoms with Gasteiger partial charge in [0.1, 0.15) is 17.1 Å². The first-order valence-corrected chi connectivity index (χ1v) is 5.05. The van der Waals surface area contributed by atoms with Gasteiger partial charge in [0.05, 0.1) is 12.7 Å². The molecule has 1 unspecified atom stereocenters. The highest BCUT2D eigenvalue weighted by Gasteiger charge is 2.42. The Morgan fingerprint density at radius 3 is 2.75 bits per heavy atom. The molecule has 0 saturated carbocycles. The van der Waals surface area contributed by atoms with Gasteiger partial charge >= 0.3 is 0 Å². The summed E-state index contributed by atoms with van der Waals surface area (Å²) in [5, 5.41) is 9.77. The number of rotatable bonds is 1. The van der Waals surface area contributed by atoms with Crippen molar-refractivity contribution in [1.82, 2.24) is 0 Å². The van der Waals surface area contributed by atoms with Gasteiger partial charge < -0.3 is 14.6 Å². The van der Waals surface area contributed by atoms with Crippen molar-refractivity contribution in [3.63, 3.8) is 0 Å². The molecule has 0 aromatic heterocycles. The monoisotopic (exact) mass is 222 g/mol. The molecule has 1 aromatic rings. The van der Waals surface area contributed by atoms with Crippen LogP contribution in [0.15, 0.2) is 18.2 Å². The molecule has 0 fully saturated rings. The van der Waals surface area contributed by atoms with Crippen molar-refractivity contribution in [3.05, 3.63) is 23.8 Å². The molecule has 0 radical (unpaired) electrons. The fourth-order valence-electron chi connectivity index (χ4n) is 1.72. The first-order chi connectivity index (χ1) is 7.45. The molecule has 2 rings (SSSR count). The van der Waals surface area contributed by atoms with E-state index in [1.165, 1.54) is 0 Å². The van der Waals surface area contributed by atoms with Crippen LogP contribution in [-0.2, 0) is 0 Å². The summed E-state index contributed by atoms with van der Waals surface area (Å²) >= 11 is 0. The largest absolute Gasteiger partial charge is 0.497 e. The van der Waals surface area contributed by atoms with E-state index in [-0.39, 0.29) is 5.78 Å². The van der Waals surface area contributed by atoms with Gasteiger partial charge in [-0.15, -0.1) is 0 Å². The molecule has 1 N–H and O–H groups in total. The van der Waals surface area contributed by atoms with Crippen LogP contribution in [0.4, 0.5) is 0 Å². The van der Waals surface area contributed by atoms with Gasteiger partial charge in [0.25, 0.3) is 0 Å². The molecular weight excluding hydrogens is 208 g/mol. The van der Waals surface area contributed by atoms with Gasteiger partial charge in [-0.05, 0) is 26.0 Å². The smallest absolute Gasteiger partial charge is 0.199 e. The summed E-state index contributed by atoms with van der Waals surface area (Å²) < 4.78 is 10.7. The number of carbonyl (C=O) groups excluding carboxylic acids is 1. The lowest BCUT2D eigenvalue weighted by atomic mass is 9.90. The van der Waals surface area contributed by atoms with Crippen LogP contribution in [0.1, 0.15) is 24.2 Å². The number of ketones is 1. The third kappa shape index (κ3) is 1.55. The number of hydrogen-bond acceptors (Lipinski definition) is 4. The number of fused-ring (bicyclic) bond motifs is 1. The van der Waals surface area contributed by atoms with Crippen molar-refractivity contribution >= 4 is 5.78 Å². The maximum absolute atomic E-state index is 11.9. The number of hydrogen-bond donors (Lipinski definition) is 1. The van der Waals surface area contributed by atoms with Crippen LogP contribution in [0.25, 0.3) is 0 Å². The van der Waals surface area contributed by atoms with E-state index in [4.69, 9.17) is 9.47 Å². The summed E-state index contributed by atoms with van der Waals surface area (Å²) in [4.78, 5) is 11.9. The standard InChI is InChI=1S/C12H14O4/c1-12(2)11(14)10(13)8-5-4-7(15-3)6-9(8)16-12/h4-6,11,14H,1-3H3. The minimum absolute atomic E-state index is 0.311. The molecule has 0 bridgehead atoms. The van der Waals surface area contributed by atoms with E-state index in [0.717, 1.165) is 0 Å². The fraction of sp³-hybridized carbons (Fsp3) is 0.417. The van der Waals surface area contributed by atoms with Crippen LogP contribution in [0.5, 0.6) is 11.5 Å². The highest BCUT2D eigenvalue weighted by atomic mass is 16.5. The van der Waals surface area contributed by atoms with Crippen molar-refractivity contribution < 1.29 is 19.4 Å². The van der Waals surface area contributed by atoms with Gasteiger partial charge in [-0.25, -0.2) is 0 Å². The highest BCUT2D eigenvalue weighted by molar-refractivity contribution is 6.03. The summed E-state index contributed by atoms with van der Waals surface area (Å²) in [5.74, 6) is 0.771. The van der Waals surface area contributed by atoms with Crippen molar-refractivity contribution in [2.75, 3.05) is 7.11 Å².